The standard InChI is InChI=1S/C66H86F2N10O14Si/c1-42(72-59(83)43(2)73-64(88)90-32-33-93(6,7)8)60(84)75-53(36-55(69)80)63(87)74-52(62(86)71-30-29-70-61(85)51(76-65(89)92-41-46-22-16-11-17-23-46)26-27-57(82)91-40-45-20-14-10-15-21-45)28-31-78(56(81)39-79)58(66(3,4)5)54-34-47(49-35-48(67)24-25-50(49)68)38-77(54)37-44-18-12-9-13-19-44/h9-25,34-35,38,42-43,51-53,58,79H,26-33,36-37,39-41H2,1-8H3,(H2,69,80)(H,70,85)(H,71,86)(H,72,83)(H,73,88)(H,74,87)(H,75,84)(H,76,89)/t42-,43-,51+,52-,53-,58-/m0/s1. The maximum atomic E-state index is 15.6. The van der Waals surface area contributed by atoms with Crippen LogP contribution in [-0.2, 0) is 72.3 Å². The van der Waals surface area contributed by atoms with E-state index in [-0.39, 0.29) is 63.4 Å². The fourth-order valence-corrected chi connectivity index (χ4v) is 10.3. The number of amides is 9. The van der Waals surface area contributed by atoms with Crippen LogP contribution in [0.4, 0.5) is 18.4 Å². The van der Waals surface area contributed by atoms with Gasteiger partial charge in [0.1, 0.15) is 61.7 Å². The highest BCUT2D eigenvalue weighted by molar-refractivity contribution is 6.76. The number of carbonyl (C=O) groups excluding carboxylic acids is 10. The molecule has 9 amide bonds. The summed E-state index contributed by atoms with van der Waals surface area (Å²) in [5, 5.41) is 28.1. The van der Waals surface area contributed by atoms with Crippen LogP contribution in [-0.4, -0.2) is 145 Å². The van der Waals surface area contributed by atoms with Crippen LogP contribution >= 0.6 is 0 Å². The Labute approximate surface area is 540 Å². The van der Waals surface area contributed by atoms with Gasteiger partial charge in [-0.05, 0) is 79.1 Å². The summed E-state index contributed by atoms with van der Waals surface area (Å²) in [6, 6.07) is 23.6. The molecule has 93 heavy (non-hydrogen) atoms. The van der Waals surface area contributed by atoms with Gasteiger partial charge >= 0.3 is 18.2 Å². The van der Waals surface area contributed by atoms with E-state index in [9.17, 15) is 57.4 Å². The number of nitrogens with zero attached hydrogens (tertiary/aromatic N) is 2. The number of carbonyl (C=O) groups is 10. The van der Waals surface area contributed by atoms with Gasteiger partial charge in [-0.3, -0.25) is 38.4 Å². The number of aliphatic hydroxyl groups is 1. The SMILES string of the molecule is C[C@H](NC(=O)OCC[Si](C)(C)C)C(=O)N[C@@H](C)C(=O)N[C@@H](CC(N)=O)C(=O)N[C@@H](CCN(C(=O)CO)[C@@H](c1cc(-c2cc(F)ccc2F)cn1Cc1ccccc1)C(C)(C)C)C(=O)NCCNC(=O)[C@@H](CCC(=O)OCc1ccccc1)NC(=O)OCc1ccccc1. The molecule has 5 aromatic rings. The normalized spacial score (nSPS) is 13.2. The highest BCUT2D eigenvalue weighted by atomic mass is 28.3. The molecule has 0 fully saturated rings. The molecule has 27 heteroatoms. The van der Waals surface area contributed by atoms with E-state index in [4.69, 9.17) is 19.9 Å². The van der Waals surface area contributed by atoms with Gasteiger partial charge in [-0.1, -0.05) is 131 Å². The van der Waals surface area contributed by atoms with E-state index < -0.39 is 147 Å². The first kappa shape index (κ1) is 74.2. The van der Waals surface area contributed by atoms with Crippen molar-refractivity contribution >= 4 is 67.6 Å². The lowest BCUT2D eigenvalue weighted by Crippen LogP contribution is -2.58. The zero-order valence-electron chi connectivity index (χ0n) is 53.7. The Morgan fingerprint density at radius 3 is 1.71 bits per heavy atom. The van der Waals surface area contributed by atoms with Crippen molar-refractivity contribution in [3.05, 3.63) is 155 Å². The first-order chi connectivity index (χ1) is 44.0. The molecule has 0 spiro atoms. The molecule has 0 aliphatic rings. The Bertz CT molecular complexity index is 3350. The maximum absolute atomic E-state index is 15.6. The summed E-state index contributed by atoms with van der Waals surface area (Å²) in [6.45, 7) is 12.3. The molecule has 0 aliphatic carbocycles. The van der Waals surface area contributed by atoms with Gasteiger partial charge in [-0.2, -0.15) is 0 Å². The number of hydrogen-bond acceptors (Lipinski definition) is 14. The number of aromatic nitrogens is 1. The van der Waals surface area contributed by atoms with E-state index >= 15 is 4.39 Å². The predicted octanol–water partition coefficient (Wildman–Crippen LogP) is 5.63. The number of hydrogen-bond donors (Lipinski definition) is 9. The molecule has 0 saturated carbocycles. The van der Waals surface area contributed by atoms with Crippen molar-refractivity contribution in [2.45, 2.75) is 142 Å². The molecule has 24 nitrogen and oxygen atoms in total. The summed E-state index contributed by atoms with van der Waals surface area (Å²) in [6.07, 6.45) is -2.04. The third-order valence-electron chi connectivity index (χ3n) is 14.6. The molecule has 0 saturated heterocycles. The van der Waals surface area contributed by atoms with Crippen molar-refractivity contribution in [1.82, 2.24) is 46.7 Å². The Morgan fingerprint density at radius 1 is 0.624 bits per heavy atom. The van der Waals surface area contributed by atoms with Crippen LogP contribution in [0.15, 0.2) is 121 Å². The largest absolute Gasteiger partial charge is 0.461 e. The minimum Gasteiger partial charge on any atom is -0.461 e. The second kappa shape index (κ2) is 35.9. The lowest BCUT2D eigenvalue weighted by atomic mass is 9.82. The number of nitrogens with two attached hydrogens (primary N) is 1. The van der Waals surface area contributed by atoms with Crippen molar-refractivity contribution in [3.8, 4) is 11.1 Å². The van der Waals surface area contributed by atoms with Gasteiger partial charge in [0, 0.05) is 63.7 Å². The highest BCUT2D eigenvalue weighted by Crippen LogP contribution is 2.41. The highest BCUT2D eigenvalue weighted by Gasteiger charge is 2.39. The van der Waals surface area contributed by atoms with Crippen molar-refractivity contribution in [2.75, 3.05) is 32.8 Å². The second-order valence-corrected chi connectivity index (χ2v) is 30.2. The van der Waals surface area contributed by atoms with Gasteiger partial charge in [0.15, 0.2) is 0 Å². The lowest BCUT2D eigenvalue weighted by Gasteiger charge is -2.41. The molecule has 6 atom stereocenters. The van der Waals surface area contributed by atoms with Crippen LogP contribution in [0.1, 0.15) is 88.7 Å². The second-order valence-electron chi connectivity index (χ2n) is 24.6. The van der Waals surface area contributed by atoms with Crippen LogP contribution in [0.25, 0.3) is 11.1 Å². The average Bonchev–Trinajstić information content (AvgIpc) is 1.67. The predicted molar refractivity (Wildman–Crippen MR) is 343 cm³/mol. The molecule has 1 heterocycles. The first-order valence-corrected chi connectivity index (χ1v) is 34.2. The smallest absolute Gasteiger partial charge is 0.408 e. The van der Waals surface area contributed by atoms with Crippen LogP contribution in [0.3, 0.4) is 0 Å². The lowest BCUT2D eigenvalue weighted by molar-refractivity contribution is -0.145. The third kappa shape index (κ3) is 25.3. The average molecular weight is 1310 g/mol. The molecule has 0 unspecified atom stereocenters. The number of alkyl carbamates (subject to hydrolysis) is 2. The maximum Gasteiger partial charge on any atom is 0.408 e. The molecule has 5 rings (SSSR count). The van der Waals surface area contributed by atoms with Crippen LogP contribution in [0, 0.1) is 17.0 Å². The molecule has 502 valence electrons. The van der Waals surface area contributed by atoms with Crippen molar-refractivity contribution in [3.63, 3.8) is 0 Å². The van der Waals surface area contributed by atoms with Gasteiger partial charge in [0.2, 0.25) is 41.4 Å². The Kier molecular flexibility index (Phi) is 28.7. The molecule has 0 bridgehead atoms. The van der Waals surface area contributed by atoms with Gasteiger partial charge < -0.3 is 71.7 Å². The summed E-state index contributed by atoms with van der Waals surface area (Å²) >= 11 is 0. The van der Waals surface area contributed by atoms with E-state index in [1.54, 1.807) is 98.3 Å². The van der Waals surface area contributed by atoms with E-state index in [1.165, 1.54) is 18.7 Å². The number of esters is 1. The van der Waals surface area contributed by atoms with E-state index in [0.29, 0.717) is 17.3 Å². The first-order valence-electron chi connectivity index (χ1n) is 30.5. The zero-order valence-corrected chi connectivity index (χ0v) is 54.7. The quantitative estimate of drug-likeness (QED) is 0.0104. The van der Waals surface area contributed by atoms with Crippen molar-refractivity contribution in [2.24, 2.45) is 11.1 Å². The van der Waals surface area contributed by atoms with Crippen molar-refractivity contribution in [1.29, 1.82) is 0 Å². The minimum atomic E-state index is -1.79. The molecule has 0 radical (unpaired) electrons. The fourth-order valence-electron chi connectivity index (χ4n) is 9.62. The summed E-state index contributed by atoms with van der Waals surface area (Å²) in [5.41, 5.74) is 7.40. The Balaban J connectivity index is 1.42. The Hall–Kier alpha value is -9.50. The molecular formula is C66H86F2N10O14Si. The number of halogens is 2. The number of ether oxygens (including phenoxy) is 3. The van der Waals surface area contributed by atoms with Crippen molar-refractivity contribution < 1.29 is 76.0 Å². The molecule has 0 aliphatic heterocycles. The van der Waals surface area contributed by atoms with E-state index in [0.717, 1.165) is 29.3 Å². The van der Waals surface area contributed by atoms with E-state index in [1.807, 2.05) is 30.3 Å². The molecule has 1 aromatic heterocycles. The molecule has 10 N–H and O–H groups in total. The number of nitrogens with one attached hydrogen (secondary N) is 7. The summed E-state index contributed by atoms with van der Waals surface area (Å²) in [5.74, 6) is -8.67. The number of primary amides is 1. The monoisotopic (exact) mass is 1310 g/mol. The summed E-state index contributed by atoms with van der Waals surface area (Å²) < 4.78 is 48.0. The Morgan fingerprint density at radius 2 is 1.15 bits per heavy atom. The number of aliphatic hydroxyl groups excluding tert-OH is 1. The van der Waals surface area contributed by atoms with Crippen LogP contribution in [0.5, 0.6) is 0 Å². The molecular weight excluding hydrogens is 1220 g/mol. The van der Waals surface area contributed by atoms with Gasteiger partial charge in [0.25, 0.3) is 0 Å². The summed E-state index contributed by atoms with van der Waals surface area (Å²) in [4.78, 5) is 136. The number of benzene rings is 4. The van der Waals surface area contributed by atoms with Crippen LogP contribution < -0.4 is 43.0 Å². The zero-order chi connectivity index (χ0) is 68.4. The van der Waals surface area contributed by atoms with Gasteiger partial charge in [-0.15, -0.1) is 0 Å². The summed E-state index contributed by atoms with van der Waals surface area (Å²) in [7, 11) is -1.55. The van der Waals surface area contributed by atoms with Gasteiger partial charge in [-0.25, -0.2) is 18.4 Å². The van der Waals surface area contributed by atoms with Gasteiger partial charge in [0.05, 0.1) is 19.1 Å². The topological polar surface area (TPSA) is 337 Å². The fraction of sp³-hybridized carbons (Fsp3) is 0.424. The van der Waals surface area contributed by atoms with Crippen LogP contribution in [0.2, 0.25) is 25.7 Å². The van der Waals surface area contributed by atoms with E-state index in [2.05, 4.69) is 56.9 Å². The number of rotatable bonds is 34. The third-order valence-corrected chi connectivity index (χ3v) is 16.3. The minimum absolute atomic E-state index is 0.0428. The molecule has 4 aromatic carbocycles.